The third-order valence-electron chi connectivity index (χ3n) is 2.45. The molecule has 0 aromatic heterocycles. The van der Waals surface area contributed by atoms with Crippen molar-refractivity contribution in [2.45, 2.75) is 31.4 Å². The zero-order valence-corrected chi connectivity index (χ0v) is 7.99. The van der Waals surface area contributed by atoms with Crippen molar-refractivity contribution >= 4 is 17.7 Å². The molecule has 0 spiro atoms. The molecule has 1 fully saturated rings. The van der Waals surface area contributed by atoms with Crippen LogP contribution in [0.3, 0.4) is 0 Å². The Balaban J connectivity index is 1.98. The first kappa shape index (κ1) is 8.17. The van der Waals surface area contributed by atoms with Crippen molar-refractivity contribution in [3.63, 3.8) is 0 Å². The maximum atomic E-state index is 10.8. The Labute approximate surface area is 76.8 Å². The van der Waals surface area contributed by atoms with Gasteiger partial charge in [-0.05, 0) is 24.8 Å². The van der Waals surface area contributed by atoms with E-state index in [9.17, 15) is 4.79 Å². The fourth-order valence-corrected chi connectivity index (χ4v) is 3.39. The van der Waals surface area contributed by atoms with Crippen molar-refractivity contribution in [1.82, 2.24) is 5.32 Å². The highest BCUT2D eigenvalue weighted by atomic mass is 32.2. The van der Waals surface area contributed by atoms with Gasteiger partial charge in [-0.2, -0.15) is 0 Å². The summed E-state index contributed by atoms with van der Waals surface area (Å²) in [6, 6.07) is 0. The van der Waals surface area contributed by atoms with Crippen LogP contribution < -0.4 is 5.32 Å². The van der Waals surface area contributed by atoms with Crippen LogP contribution in [0.5, 0.6) is 0 Å². The minimum Gasteiger partial charge on any atom is -0.321 e. The van der Waals surface area contributed by atoms with E-state index >= 15 is 0 Å². The topological polar surface area (TPSA) is 29.1 Å². The number of hydrogen-bond donors (Lipinski definition) is 1. The van der Waals surface area contributed by atoms with Gasteiger partial charge in [0.15, 0.2) is 0 Å². The first-order valence-electron chi connectivity index (χ1n) is 4.42. The number of fused-ring (bicyclic) bond motifs is 1. The molecule has 2 unspecified atom stereocenters. The number of hydrogen-bond acceptors (Lipinski definition) is 2. The molecule has 2 aliphatic rings. The first-order chi connectivity index (χ1) is 5.75. The van der Waals surface area contributed by atoms with Crippen LogP contribution in [0.25, 0.3) is 0 Å². The lowest BCUT2D eigenvalue weighted by atomic mass is 10.1. The van der Waals surface area contributed by atoms with Gasteiger partial charge in [-0.3, -0.25) is 4.79 Å². The van der Waals surface area contributed by atoms with E-state index in [0.29, 0.717) is 0 Å². The fourth-order valence-electron chi connectivity index (χ4n) is 1.93. The molecule has 0 saturated heterocycles. The highest BCUT2D eigenvalue weighted by molar-refractivity contribution is 8.03. The van der Waals surface area contributed by atoms with Crippen LogP contribution in [0.1, 0.15) is 26.2 Å². The average Bonchev–Trinajstić information content (AvgIpc) is 2.43. The van der Waals surface area contributed by atoms with E-state index in [-0.39, 0.29) is 5.91 Å². The Morgan fingerprint density at radius 1 is 1.67 bits per heavy atom. The van der Waals surface area contributed by atoms with E-state index in [0.717, 1.165) is 16.2 Å². The molecule has 66 valence electrons. The van der Waals surface area contributed by atoms with Gasteiger partial charge in [-0.25, -0.2) is 0 Å². The number of carbonyl (C=O) groups excluding carboxylic acids is 1. The van der Waals surface area contributed by atoms with Gasteiger partial charge in [-0.1, -0.05) is 6.42 Å². The second-order valence-electron chi connectivity index (χ2n) is 3.46. The van der Waals surface area contributed by atoms with E-state index in [1.54, 1.807) is 6.92 Å². The van der Waals surface area contributed by atoms with E-state index in [1.165, 1.54) is 19.3 Å². The molecule has 0 aromatic carbocycles. The summed E-state index contributed by atoms with van der Waals surface area (Å²) in [7, 11) is 0. The minimum absolute atomic E-state index is 0.0497. The van der Waals surface area contributed by atoms with Crippen molar-refractivity contribution in [2.75, 3.05) is 0 Å². The van der Waals surface area contributed by atoms with Crippen LogP contribution in [-0.4, -0.2) is 11.2 Å². The number of carbonyl (C=O) groups is 1. The second-order valence-corrected chi connectivity index (χ2v) is 4.74. The summed E-state index contributed by atoms with van der Waals surface area (Å²) in [5.41, 5.74) is 0. The standard InChI is InChI=1S/C9H13NOS/c1-6(11)10-9-5-7-3-2-4-8(7)12-9/h5,7-8H,2-4H2,1H3,(H,10,11). The van der Waals surface area contributed by atoms with Crippen molar-refractivity contribution in [3.05, 3.63) is 11.1 Å². The molecule has 1 aliphatic carbocycles. The van der Waals surface area contributed by atoms with Crippen molar-refractivity contribution in [1.29, 1.82) is 0 Å². The van der Waals surface area contributed by atoms with Gasteiger partial charge in [-0.15, -0.1) is 11.8 Å². The summed E-state index contributed by atoms with van der Waals surface area (Å²) in [5, 5.41) is 4.69. The van der Waals surface area contributed by atoms with Gasteiger partial charge >= 0.3 is 0 Å². The molecular weight excluding hydrogens is 170 g/mol. The van der Waals surface area contributed by atoms with Crippen molar-refractivity contribution in [2.24, 2.45) is 5.92 Å². The molecule has 1 amide bonds. The summed E-state index contributed by atoms with van der Waals surface area (Å²) in [4.78, 5) is 10.8. The van der Waals surface area contributed by atoms with Gasteiger partial charge in [0.1, 0.15) is 0 Å². The molecule has 1 heterocycles. The Morgan fingerprint density at radius 2 is 2.50 bits per heavy atom. The van der Waals surface area contributed by atoms with E-state index in [2.05, 4.69) is 11.4 Å². The predicted octanol–water partition coefficient (Wildman–Crippen LogP) is 1.88. The second kappa shape index (κ2) is 3.13. The highest BCUT2D eigenvalue weighted by Crippen LogP contribution is 2.44. The van der Waals surface area contributed by atoms with Crippen molar-refractivity contribution < 1.29 is 4.79 Å². The number of rotatable bonds is 1. The third kappa shape index (κ3) is 1.51. The first-order valence-corrected chi connectivity index (χ1v) is 5.30. The molecular formula is C9H13NOS. The summed E-state index contributed by atoms with van der Waals surface area (Å²) in [5.74, 6) is 0.783. The zero-order valence-electron chi connectivity index (χ0n) is 7.17. The smallest absolute Gasteiger partial charge is 0.221 e. The Bertz CT molecular complexity index is 237. The molecule has 2 nitrogen and oxygen atoms in total. The van der Waals surface area contributed by atoms with E-state index in [4.69, 9.17) is 0 Å². The highest BCUT2D eigenvalue weighted by Gasteiger charge is 2.32. The predicted molar refractivity (Wildman–Crippen MR) is 50.6 cm³/mol. The lowest BCUT2D eigenvalue weighted by molar-refractivity contribution is -0.118. The SMILES string of the molecule is CC(=O)NC1=CC2CCCC2S1. The summed E-state index contributed by atoms with van der Waals surface area (Å²) >= 11 is 1.84. The van der Waals surface area contributed by atoms with Gasteiger partial charge < -0.3 is 5.32 Å². The monoisotopic (exact) mass is 183 g/mol. The number of amides is 1. The Hall–Kier alpha value is -0.440. The molecule has 1 aliphatic heterocycles. The summed E-state index contributed by atoms with van der Waals surface area (Å²) in [6.45, 7) is 1.56. The van der Waals surface area contributed by atoms with Crippen LogP contribution in [0.2, 0.25) is 0 Å². The number of nitrogens with one attached hydrogen (secondary N) is 1. The molecule has 0 radical (unpaired) electrons. The Kier molecular flexibility index (Phi) is 2.13. The van der Waals surface area contributed by atoms with Crippen LogP contribution in [-0.2, 0) is 4.79 Å². The zero-order chi connectivity index (χ0) is 8.55. The van der Waals surface area contributed by atoms with Gasteiger partial charge in [0.05, 0.1) is 5.03 Å². The van der Waals surface area contributed by atoms with Gasteiger partial charge in [0, 0.05) is 12.2 Å². The Morgan fingerprint density at radius 3 is 3.17 bits per heavy atom. The third-order valence-corrected chi connectivity index (χ3v) is 3.83. The molecule has 3 heteroatoms. The lowest BCUT2D eigenvalue weighted by Crippen LogP contribution is -2.16. The van der Waals surface area contributed by atoms with Crippen LogP contribution in [0, 0.1) is 5.92 Å². The quantitative estimate of drug-likeness (QED) is 0.672. The normalized spacial score (nSPS) is 32.9. The largest absolute Gasteiger partial charge is 0.321 e. The fraction of sp³-hybridized carbons (Fsp3) is 0.667. The molecule has 1 N–H and O–H groups in total. The maximum Gasteiger partial charge on any atom is 0.221 e. The molecule has 0 aromatic rings. The van der Waals surface area contributed by atoms with Gasteiger partial charge in [0.25, 0.3) is 0 Å². The van der Waals surface area contributed by atoms with Gasteiger partial charge in [0.2, 0.25) is 5.91 Å². The lowest BCUT2D eigenvalue weighted by Gasteiger charge is -2.06. The summed E-state index contributed by atoms with van der Waals surface area (Å²) < 4.78 is 0. The average molecular weight is 183 g/mol. The van der Waals surface area contributed by atoms with Crippen LogP contribution in [0.4, 0.5) is 0 Å². The molecule has 0 bridgehead atoms. The molecule has 1 saturated carbocycles. The van der Waals surface area contributed by atoms with E-state index in [1.807, 2.05) is 11.8 Å². The van der Waals surface area contributed by atoms with Crippen molar-refractivity contribution in [3.8, 4) is 0 Å². The molecule has 12 heavy (non-hydrogen) atoms. The van der Waals surface area contributed by atoms with Crippen LogP contribution >= 0.6 is 11.8 Å². The minimum atomic E-state index is 0.0497. The molecule has 2 atom stereocenters. The maximum absolute atomic E-state index is 10.8. The number of thioether (sulfide) groups is 1. The van der Waals surface area contributed by atoms with E-state index < -0.39 is 0 Å². The number of allylic oxidation sites excluding steroid dienone is 1. The summed E-state index contributed by atoms with van der Waals surface area (Å²) in [6.07, 6.45) is 6.20. The van der Waals surface area contributed by atoms with Crippen LogP contribution in [0.15, 0.2) is 11.1 Å². The molecule has 2 rings (SSSR count).